The van der Waals surface area contributed by atoms with Crippen LogP contribution in [0.1, 0.15) is 71.0 Å². The van der Waals surface area contributed by atoms with Crippen LogP contribution in [0.2, 0.25) is 5.02 Å². The lowest BCUT2D eigenvalue weighted by molar-refractivity contribution is -0.216. The van der Waals surface area contributed by atoms with Gasteiger partial charge in [0.15, 0.2) is 11.6 Å². The van der Waals surface area contributed by atoms with Crippen LogP contribution >= 0.6 is 11.6 Å². The number of halogens is 3. The van der Waals surface area contributed by atoms with Crippen molar-refractivity contribution in [2.45, 2.75) is 113 Å². The molecule has 3 heterocycles. The van der Waals surface area contributed by atoms with Crippen LogP contribution in [0, 0.1) is 11.6 Å². The number of hydrogen-bond donors (Lipinski definition) is 3. The summed E-state index contributed by atoms with van der Waals surface area (Å²) in [5.41, 5.74) is -0.284. The number of fused-ring (bicyclic) bond motifs is 3. The van der Waals surface area contributed by atoms with E-state index in [1.807, 2.05) is 27.0 Å². The van der Waals surface area contributed by atoms with Gasteiger partial charge >= 0.3 is 6.09 Å². The standard InChI is InChI=1S/C31H40ClF2N7O6/c1-29(2,3)47-28(44)35-31-10-7-30(8-11-31,9-12-31)22-15-40(38-37-22)14-20-27(45-4)25(26(43)21(16-42)46-20)41-13-19(36-39-41)17-5-6-18(32)24(34)23(17)33/h5-6,13,15,20-21,25-27,42-43H,7-12,14,16H2,1-4H3,(H,35,44)/t20-,21-,25+,26+,27+,30?,31?/m1/s1. The number of hydrogen-bond acceptors (Lipinski definition) is 10. The van der Waals surface area contributed by atoms with E-state index in [0.717, 1.165) is 44.2 Å². The van der Waals surface area contributed by atoms with E-state index in [9.17, 15) is 23.8 Å². The molecule has 16 heteroatoms. The Morgan fingerprint density at radius 1 is 1.09 bits per heavy atom. The molecule has 1 aliphatic heterocycles. The second-order valence-electron chi connectivity index (χ2n) is 13.9. The molecule has 3 aliphatic carbocycles. The maximum atomic E-state index is 14.7. The smallest absolute Gasteiger partial charge is 0.408 e. The van der Waals surface area contributed by atoms with Gasteiger partial charge in [-0.05, 0) is 71.4 Å². The summed E-state index contributed by atoms with van der Waals surface area (Å²) in [4.78, 5) is 12.5. The Balaban J connectivity index is 1.18. The van der Waals surface area contributed by atoms with Crippen LogP contribution in [0.25, 0.3) is 11.3 Å². The van der Waals surface area contributed by atoms with Crippen molar-refractivity contribution in [2.75, 3.05) is 13.7 Å². The van der Waals surface area contributed by atoms with Gasteiger partial charge < -0.3 is 29.7 Å². The van der Waals surface area contributed by atoms with Crippen molar-refractivity contribution in [2.24, 2.45) is 0 Å². The Labute approximate surface area is 275 Å². The molecule has 4 aliphatic rings. The molecule has 0 spiro atoms. The van der Waals surface area contributed by atoms with E-state index in [2.05, 4.69) is 25.9 Å². The highest BCUT2D eigenvalue weighted by Gasteiger charge is 2.52. The van der Waals surface area contributed by atoms with Crippen LogP contribution in [-0.4, -0.2) is 95.6 Å². The van der Waals surface area contributed by atoms with Crippen LogP contribution in [-0.2, 0) is 26.2 Å². The molecule has 0 unspecified atom stereocenters. The highest BCUT2D eigenvalue weighted by atomic mass is 35.5. The summed E-state index contributed by atoms with van der Waals surface area (Å²) < 4.78 is 49.2. The number of rotatable bonds is 8. The number of amides is 1. The molecule has 1 amide bonds. The number of methoxy groups -OCH3 is 1. The van der Waals surface area contributed by atoms with Gasteiger partial charge in [0.25, 0.3) is 0 Å². The quantitative estimate of drug-likeness (QED) is 0.300. The molecule has 1 saturated heterocycles. The second-order valence-corrected chi connectivity index (χ2v) is 14.3. The third-order valence-electron chi connectivity index (χ3n) is 9.82. The Bertz CT molecular complexity index is 1590. The highest BCUT2D eigenvalue weighted by molar-refractivity contribution is 6.30. The number of nitrogens with zero attached hydrogens (tertiary/aromatic N) is 6. The summed E-state index contributed by atoms with van der Waals surface area (Å²) in [5, 5.41) is 41.1. The van der Waals surface area contributed by atoms with Crippen LogP contribution in [0.3, 0.4) is 0 Å². The van der Waals surface area contributed by atoms with Crippen LogP contribution in [0.15, 0.2) is 24.5 Å². The van der Waals surface area contributed by atoms with Gasteiger partial charge in [0, 0.05) is 29.8 Å². The van der Waals surface area contributed by atoms with Crippen molar-refractivity contribution >= 4 is 17.7 Å². The molecule has 2 aromatic heterocycles. The summed E-state index contributed by atoms with van der Waals surface area (Å²) in [5.74, 6) is -2.38. The van der Waals surface area contributed by atoms with E-state index in [4.69, 9.17) is 25.8 Å². The maximum Gasteiger partial charge on any atom is 0.408 e. The summed E-state index contributed by atoms with van der Waals surface area (Å²) >= 11 is 5.70. The van der Waals surface area contributed by atoms with E-state index in [-0.39, 0.29) is 33.8 Å². The lowest BCUT2D eigenvalue weighted by atomic mass is 9.56. The van der Waals surface area contributed by atoms with Crippen molar-refractivity contribution in [3.63, 3.8) is 0 Å². The number of aromatic nitrogens is 6. The van der Waals surface area contributed by atoms with Gasteiger partial charge in [-0.15, -0.1) is 10.2 Å². The van der Waals surface area contributed by atoms with Gasteiger partial charge in [0.1, 0.15) is 41.8 Å². The fraction of sp³-hybridized carbons (Fsp3) is 0.645. The minimum atomic E-state index is -1.27. The van der Waals surface area contributed by atoms with Crippen LogP contribution in [0.4, 0.5) is 13.6 Å². The number of nitrogens with one attached hydrogen (secondary N) is 1. The Morgan fingerprint density at radius 2 is 1.79 bits per heavy atom. The number of aliphatic hydroxyl groups is 2. The first-order chi connectivity index (χ1) is 22.3. The van der Waals surface area contributed by atoms with Crippen molar-refractivity contribution < 1.29 is 38.0 Å². The molecular formula is C31H40ClF2N7O6. The average molecular weight is 680 g/mol. The first-order valence-corrected chi connectivity index (χ1v) is 16.1. The molecule has 2 bridgehead atoms. The molecule has 47 heavy (non-hydrogen) atoms. The maximum absolute atomic E-state index is 14.7. The van der Waals surface area contributed by atoms with E-state index >= 15 is 0 Å². The minimum Gasteiger partial charge on any atom is -0.444 e. The Kier molecular flexibility index (Phi) is 9.06. The summed E-state index contributed by atoms with van der Waals surface area (Å²) in [6, 6.07) is 1.61. The third kappa shape index (κ3) is 6.47. The number of benzene rings is 1. The van der Waals surface area contributed by atoms with Crippen molar-refractivity contribution in [3.05, 3.63) is 46.9 Å². The van der Waals surface area contributed by atoms with Crippen molar-refractivity contribution in [1.82, 2.24) is 35.3 Å². The molecule has 3 N–H and O–H groups in total. The zero-order valence-corrected chi connectivity index (χ0v) is 27.5. The van der Waals surface area contributed by atoms with Gasteiger partial charge in [-0.1, -0.05) is 22.0 Å². The lowest BCUT2D eigenvalue weighted by Gasteiger charge is -2.52. The van der Waals surface area contributed by atoms with E-state index in [1.165, 1.54) is 30.1 Å². The lowest BCUT2D eigenvalue weighted by Crippen LogP contribution is -2.58. The molecule has 13 nitrogen and oxygen atoms in total. The summed E-state index contributed by atoms with van der Waals surface area (Å²) in [6.07, 6.45) is 4.04. The molecule has 4 fully saturated rings. The number of alkyl carbamates (subject to hydrolysis) is 1. The molecule has 0 radical (unpaired) electrons. The third-order valence-corrected chi connectivity index (χ3v) is 10.1. The molecular weight excluding hydrogens is 640 g/mol. The molecule has 3 aromatic rings. The molecule has 3 saturated carbocycles. The SMILES string of the molecule is CO[C@@H]1[C@@H](n2cc(-c3ccc(Cl)c(F)c3F)nn2)[C@@H](O)[C@@H](CO)O[C@@H]1Cn1cc(C23CCC(NC(=O)OC(C)(C)C)(CC2)CC3)nn1. The Hall–Kier alpha value is -3.24. The number of carbonyl (C=O) groups is 1. The van der Waals surface area contributed by atoms with Crippen molar-refractivity contribution in [3.8, 4) is 11.3 Å². The summed E-state index contributed by atoms with van der Waals surface area (Å²) in [7, 11) is 1.46. The number of carbonyl (C=O) groups excluding carboxylic acids is 1. The number of aliphatic hydroxyl groups excluding tert-OH is 2. The zero-order valence-electron chi connectivity index (χ0n) is 26.7. The Morgan fingerprint density at radius 3 is 2.43 bits per heavy atom. The van der Waals surface area contributed by atoms with Crippen molar-refractivity contribution in [1.29, 1.82) is 0 Å². The predicted octanol–water partition coefficient (Wildman–Crippen LogP) is 3.71. The van der Waals surface area contributed by atoms with Crippen LogP contribution in [0.5, 0.6) is 0 Å². The summed E-state index contributed by atoms with van der Waals surface area (Å²) in [6.45, 7) is 5.23. The minimum absolute atomic E-state index is 0.0224. The van der Waals surface area contributed by atoms with E-state index < -0.39 is 60.4 Å². The van der Waals surface area contributed by atoms with E-state index in [0.29, 0.717) is 0 Å². The fourth-order valence-electron chi connectivity index (χ4n) is 7.27. The zero-order chi connectivity index (χ0) is 33.7. The van der Waals surface area contributed by atoms with Gasteiger partial charge in [-0.25, -0.2) is 22.9 Å². The van der Waals surface area contributed by atoms with Crippen LogP contribution < -0.4 is 5.32 Å². The first-order valence-electron chi connectivity index (χ1n) is 15.7. The molecule has 5 atom stereocenters. The largest absolute Gasteiger partial charge is 0.444 e. The monoisotopic (exact) mass is 679 g/mol. The van der Waals surface area contributed by atoms with Gasteiger partial charge in [-0.2, -0.15) is 0 Å². The van der Waals surface area contributed by atoms with Gasteiger partial charge in [0.2, 0.25) is 0 Å². The normalized spacial score (nSPS) is 30.8. The fourth-order valence-corrected chi connectivity index (χ4v) is 7.42. The predicted molar refractivity (Wildman–Crippen MR) is 163 cm³/mol. The molecule has 7 rings (SSSR count). The first kappa shape index (κ1) is 33.7. The van der Waals surface area contributed by atoms with E-state index in [1.54, 1.807) is 4.68 Å². The molecule has 1 aromatic carbocycles. The van der Waals surface area contributed by atoms with Gasteiger partial charge in [0.05, 0.1) is 30.1 Å². The number of ether oxygens (including phenoxy) is 3. The topological polar surface area (TPSA) is 159 Å². The highest BCUT2D eigenvalue weighted by Crippen LogP contribution is 2.53. The second kappa shape index (κ2) is 12.7. The molecule has 256 valence electrons. The average Bonchev–Trinajstić information content (AvgIpc) is 3.71. The van der Waals surface area contributed by atoms with Gasteiger partial charge in [-0.3, -0.25) is 0 Å².